The number of hydrogen-bond acceptors (Lipinski definition) is 5. The van der Waals surface area contributed by atoms with Crippen LogP contribution >= 0.6 is 0 Å². The van der Waals surface area contributed by atoms with E-state index in [1.807, 2.05) is 0 Å². The van der Waals surface area contributed by atoms with Crippen LogP contribution in [0.1, 0.15) is 27.9 Å². The van der Waals surface area contributed by atoms with E-state index in [1.165, 1.54) is 30.3 Å². The fraction of sp³-hybridized carbons (Fsp3) is 0.172. The third-order valence-corrected chi connectivity index (χ3v) is 6.71. The Morgan fingerprint density at radius 3 is 2.46 bits per heavy atom. The predicted octanol–water partition coefficient (Wildman–Crippen LogP) is 4.79. The maximum Gasteiger partial charge on any atom is 0.283 e. The summed E-state index contributed by atoms with van der Waals surface area (Å²) in [4.78, 5) is 31.5. The second kappa shape index (κ2) is 10.2. The van der Waals surface area contributed by atoms with E-state index in [-0.39, 0.29) is 40.6 Å². The molecule has 1 atom stereocenters. The van der Waals surface area contributed by atoms with Crippen LogP contribution in [0.4, 0.5) is 23.2 Å². The number of benzene rings is 3. The van der Waals surface area contributed by atoms with Gasteiger partial charge >= 0.3 is 0 Å². The number of nitrogens with one attached hydrogen (secondary N) is 2. The van der Waals surface area contributed by atoms with E-state index in [4.69, 9.17) is 4.74 Å². The third kappa shape index (κ3) is 4.92. The van der Waals surface area contributed by atoms with Crippen LogP contribution < -0.4 is 15.4 Å². The van der Waals surface area contributed by atoms with Crippen molar-refractivity contribution in [1.82, 2.24) is 15.1 Å². The molecule has 208 valence electrons. The fourth-order valence-corrected chi connectivity index (χ4v) is 4.72. The van der Waals surface area contributed by atoms with Gasteiger partial charge in [-0.2, -0.15) is 5.10 Å². The molecular weight excluding hydrogens is 542 g/mol. The molecule has 0 saturated heterocycles. The van der Waals surface area contributed by atoms with Crippen molar-refractivity contribution >= 4 is 23.2 Å². The second-order valence-electron chi connectivity index (χ2n) is 9.50. The number of benzodiazepines with no additional fused rings is 1. The molecule has 2 aliphatic rings. The minimum atomic E-state index is -3.18. The monoisotopic (exact) mass is 563 g/mol. The van der Waals surface area contributed by atoms with Crippen molar-refractivity contribution < 1.29 is 31.9 Å². The summed E-state index contributed by atoms with van der Waals surface area (Å²) in [6.45, 7) is -1.32. The summed E-state index contributed by atoms with van der Waals surface area (Å²) in [5.74, 6) is -6.72. The van der Waals surface area contributed by atoms with Gasteiger partial charge < -0.3 is 15.4 Å². The number of fused-ring (bicyclic) bond motifs is 2. The van der Waals surface area contributed by atoms with Gasteiger partial charge in [0, 0.05) is 23.1 Å². The molecule has 12 heteroatoms. The van der Waals surface area contributed by atoms with Gasteiger partial charge in [0.1, 0.15) is 22.9 Å². The maximum atomic E-state index is 14.8. The average Bonchev–Trinajstić information content (AvgIpc) is 3.17. The molecule has 1 aromatic heterocycles. The highest BCUT2D eigenvalue weighted by Crippen LogP contribution is 2.36. The minimum Gasteiger partial charge on any atom is -0.471 e. The predicted molar refractivity (Wildman–Crippen MR) is 141 cm³/mol. The minimum absolute atomic E-state index is 0.0677. The first kappa shape index (κ1) is 26.2. The zero-order valence-corrected chi connectivity index (χ0v) is 21.2. The van der Waals surface area contributed by atoms with Crippen molar-refractivity contribution in [3.63, 3.8) is 0 Å². The summed E-state index contributed by atoms with van der Waals surface area (Å²) in [7, 11) is 0. The van der Waals surface area contributed by atoms with Gasteiger partial charge in [-0.05, 0) is 18.2 Å². The lowest BCUT2D eigenvalue weighted by atomic mass is 10.0. The highest BCUT2D eigenvalue weighted by atomic mass is 19.3. The van der Waals surface area contributed by atoms with Gasteiger partial charge in [-0.1, -0.05) is 54.6 Å². The number of alkyl halides is 2. The zero-order valence-electron chi connectivity index (χ0n) is 21.2. The van der Waals surface area contributed by atoms with E-state index in [9.17, 15) is 27.2 Å². The van der Waals surface area contributed by atoms with Gasteiger partial charge in [-0.15, -0.1) is 0 Å². The summed E-state index contributed by atoms with van der Waals surface area (Å²) in [5.41, 5.74) is 0.380. The standard InChI is InChI=1S/C29H21F4N5O3/c30-19-11-5-4-9-17(19)24-21(28-38(37-24)14-13-29(32,33)15-41-28)26(39)36-25-27(40)35-23-18(10-6-12-20(23)31)22(34-25)16-7-2-1-3-8-16/h1-12,25H,13-15H2,(H,35,40)(H,36,39)/t25-/m1/s1. The lowest BCUT2D eigenvalue weighted by Gasteiger charge is -2.15. The number of ether oxygens (including phenoxy) is 1. The van der Waals surface area contributed by atoms with Gasteiger partial charge in [0.15, 0.2) is 6.61 Å². The Morgan fingerprint density at radius 1 is 0.976 bits per heavy atom. The SMILES string of the molecule is O=C(N[C@H]1N=C(c2ccccc2)c2cccc(F)c2NC1=O)c1c(-c2ccccc2F)nn2c1OCC(F)(F)CC2. The van der Waals surface area contributed by atoms with Crippen molar-refractivity contribution in [3.8, 4) is 17.1 Å². The molecular formula is C29H21F4N5O3. The summed E-state index contributed by atoms with van der Waals surface area (Å²) in [6.07, 6.45) is -2.19. The number of rotatable bonds is 4. The molecule has 2 N–H and O–H groups in total. The summed E-state index contributed by atoms with van der Waals surface area (Å²) >= 11 is 0. The molecule has 0 aliphatic carbocycles. The number of aryl methyl sites for hydroxylation is 1. The Bertz CT molecular complexity index is 1700. The Kier molecular flexibility index (Phi) is 6.52. The van der Waals surface area contributed by atoms with E-state index in [1.54, 1.807) is 36.4 Å². The number of nitrogens with zero attached hydrogens (tertiary/aromatic N) is 3. The first-order chi connectivity index (χ1) is 19.7. The highest BCUT2D eigenvalue weighted by molar-refractivity contribution is 6.20. The van der Waals surface area contributed by atoms with Gasteiger partial charge in [0.2, 0.25) is 12.0 Å². The van der Waals surface area contributed by atoms with Crippen LogP contribution in [0.15, 0.2) is 77.8 Å². The Labute approximate surface area is 230 Å². The fourth-order valence-electron chi connectivity index (χ4n) is 4.72. The second-order valence-corrected chi connectivity index (χ2v) is 9.50. The van der Waals surface area contributed by atoms with Gasteiger partial charge in [0.05, 0.1) is 17.9 Å². The van der Waals surface area contributed by atoms with Gasteiger partial charge in [0.25, 0.3) is 17.7 Å². The van der Waals surface area contributed by atoms with Crippen LogP contribution in [0.5, 0.6) is 5.88 Å². The Morgan fingerprint density at radius 2 is 1.68 bits per heavy atom. The molecule has 3 aromatic carbocycles. The highest BCUT2D eigenvalue weighted by Gasteiger charge is 2.38. The molecule has 41 heavy (non-hydrogen) atoms. The van der Waals surface area contributed by atoms with Crippen LogP contribution in [-0.2, 0) is 11.3 Å². The van der Waals surface area contributed by atoms with Crippen LogP contribution in [-0.4, -0.2) is 46.0 Å². The lowest BCUT2D eigenvalue weighted by molar-refractivity contribution is -0.117. The summed E-state index contributed by atoms with van der Waals surface area (Å²) in [6, 6.07) is 18.4. The first-order valence-electron chi connectivity index (χ1n) is 12.6. The number of amides is 2. The Balaban J connectivity index is 1.44. The molecule has 0 unspecified atom stereocenters. The number of carbonyl (C=O) groups is 2. The number of aromatic nitrogens is 2. The quantitative estimate of drug-likeness (QED) is 0.349. The van der Waals surface area contributed by atoms with E-state index in [2.05, 4.69) is 20.7 Å². The van der Waals surface area contributed by atoms with Crippen molar-refractivity contribution in [1.29, 1.82) is 0 Å². The van der Waals surface area contributed by atoms with Crippen molar-refractivity contribution in [2.45, 2.75) is 25.1 Å². The van der Waals surface area contributed by atoms with Gasteiger partial charge in [-0.3, -0.25) is 9.59 Å². The molecule has 0 spiro atoms. The number of aliphatic imine (C=N–C) groups is 1. The molecule has 3 heterocycles. The topological polar surface area (TPSA) is 97.6 Å². The molecule has 0 fully saturated rings. The van der Waals surface area contributed by atoms with Crippen LogP contribution in [0.25, 0.3) is 11.3 Å². The number of halogens is 4. The number of carbonyl (C=O) groups excluding carboxylic acids is 2. The molecule has 8 nitrogen and oxygen atoms in total. The van der Waals surface area contributed by atoms with E-state index < -0.39 is 48.6 Å². The normalized spacial score (nSPS) is 17.6. The van der Waals surface area contributed by atoms with Crippen LogP contribution in [0, 0.1) is 11.6 Å². The van der Waals surface area contributed by atoms with E-state index in [0.717, 1.165) is 10.7 Å². The van der Waals surface area contributed by atoms with Crippen LogP contribution in [0.2, 0.25) is 0 Å². The maximum absolute atomic E-state index is 14.8. The molecule has 2 aliphatic heterocycles. The molecule has 0 bridgehead atoms. The summed E-state index contributed by atoms with van der Waals surface area (Å²) < 4.78 is 64.3. The van der Waals surface area contributed by atoms with E-state index in [0.29, 0.717) is 11.1 Å². The molecule has 4 aromatic rings. The third-order valence-electron chi connectivity index (χ3n) is 6.71. The smallest absolute Gasteiger partial charge is 0.283 e. The molecule has 6 rings (SSSR count). The van der Waals surface area contributed by atoms with Crippen molar-refractivity contribution in [2.24, 2.45) is 4.99 Å². The van der Waals surface area contributed by atoms with Crippen molar-refractivity contribution in [2.75, 3.05) is 11.9 Å². The zero-order chi connectivity index (χ0) is 28.7. The first-order valence-corrected chi connectivity index (χ1v) is 12.6. The summed E-state index contributed by atoms with van der Waals surface area (Å²) in [5, 5.41) is 9.19. The van der Waals surface area contributed by atoms with Crippen LogP contribution in [0.3, 0.4) is 0 Å². The number of hydrogen-bond donors (Lipinski definition) is 2. The Hall–Kier alpha value is -5.00. The number of anilines is 1. The number of para-hydroxylation sites is 1. The van der Waals surface area contributed by atoms with Gasteiger partial charge in [-0.25, -0.2) is 27.2 Å². The largest absolute Gasteiger partial charge is 0.471 e. The molecule has 0 radical (unpaired) electrons. The average molecular weight is 564 g/mol. The molecule has 2 amide bonds. The molecule has 0 saturated carbocycles. The lowest BCUT2D eigenvalue weighted by Crippen LogP contribution is -2.42. The van der Waals surface area contributed by atoms with E-state index >= 15 is 0 Å². The van der Waals surface area contributed by atoms with Crippen molar-refractivity contribution in [3.05, 3.63) is 101 Å².